The van der Waals surface area contributed by atoms with Crippen molar-refractivity contribution >= 4 is 29.1 Å². The highest BCUT2D eigenvalue weighted by Crippen LogP contribution is 2.37. The molecule has 0 aliphatic heterocycles. The molecule has 0 unspecified atom stereocenters. The van der Waals surface area contributed by atoms with Crippen LogP contribution in [0, 0.1) is 11.8 Å². The van der Waals surface area contributed by atoms with Crippen LogP contribution in [-0.2, 0) is 4.79 Å². The predicted octanol–water partition coefficient (Wildman–Crippen LogP) is 4.80. The van der Waals surface area contributed by atoms with Crippen LogP contribution in [0.4, 0.5) is 11.4 Å². The number of hydrogen-bond acceptors (Lipinski definition) is 4. The lowest BCUT2D eigenvalue weighted by atomic mass is 10.1. The van der Waals surface area contributed by atoms with Gasteiger partial charge in [-0.1, -0.05) is 27.7 Å². The van der Waals surface area contributed by atoms with Crippen LogP contribution in [0.5, 0.6) is 0 Å². The zero-order valence-electron chi connectivity index (χ0n) is 16.0. The first-order chi connectivity index (χ1) is 11.1. The molecule has 136 valence electrons. The number of benzene rings is 1. The molecule has 0 aliphatic carbocycles. The number of rotatable bonds is 9. The van der Waals surface area contributed by atoms with Crippen LogP contribution in [0.3, 0.4) is 0 Å². The minimum Gasteiger partial charge on any atom is -0.480 e. The third kappa shape index (κ3) is 5.93. The second-order valence-electron chi connectivity index (χ2n) is 7.54. The molecule has 0 aromatic heterocycles. The monoisotopic (exact) mass is 352 g/mol. The van der Waals surface area contributed by atoms with Crippen molar-refractivity contribution in [3.8, 4) is 0 Å². The molecule has 1 aromatic rings. The molecule has 0 saturated heterocycles. The highest BCUT2D eigenvalue weighted by Gasteiger charge is 2.28. The Morgan fingerprint density at radius 1 is 1.21 bits per heavy atom. The maximum absolute atomic E-state index is 11.4. The van der Waals surface area contributed by atoms with Gasteiger partial charge in [0.1, 0.15) is 4.75 Å². The number of nitrogens with one attached hydrogen (secondary N) is 1. The first-order valence-electron chi connectivity index (χ1n) is 8.56. The van der Waals surface area contributed by atoms with Crippen molar-refractivity contribution < 1.29 is 9.90 Å². The molecule has 0 bridgehead atoms. The summed E-state index contributed by atoms with van der Waals surface area (Å²) in [6.07, 6.45) is 0. The van der Waals surface area contributed by atoms with E-state index in [4.69, 9.17) is 0 Å². The fourth-order valence-corrected chi connectivity index (χ4v) is 3.54. The highest BCUT2D eigenvalue weighted by atomic mass is 32.2. The summed E-state index contributed by atoms with van der Waals surface area (Å²) < 4.78 is -0.845. The van der Waals surface area contributed by atoms with E-state index >= 15 is 0 Å². The summed E-state index contributed by atoms with van der Waals surface area (Å²) in [5, 5.41) is 12.6. The number of carbonyl (C=O) groups is 1. The van der Waals surface area contributed by atoms with Crippen molar-refractivity contribution in [1.29, 1.82) is 0 Å². The van der Waals surface area contributed by atoms with Crippen molar-refractivity contribution in [3.63, 3.8) is 0 Å². The Balaban J connectivity index is 3.13. The maximum Gasteiger partial charge on any atom is 0.319 e. The lowest BCUT2D eigenvalue weighted by Crippen LogP contribution is -2.32. The van der Waals surface area contributed by atoms with Gasteiger partial charge in [-0.2, -0.15) is 0 Å². The van der Waals surface area contributed by atoms with E-state index in [0.29, 0.717) is 11.8 Å². The van der Waals surface area contributed by atoms with Gasteiger partial charge in [-0.3, -0.25) is 4.79 Å². The van der Waals surface area contributed by atoms with Crippen molar-refractivity contribution in [1.82, 2.24) is 0 Å². The summed E-state index contributed by atoms with van der Waals surface area (Å²) in [5.41, 5.74) is 2.22. The van der Waals surface area contributed by atoms with Gasteiger partial charge in [0.2, 0.25) is 0 Å². The van der Waals surface area contributed by atoms with Gasteiger partial charge in [0.05, 0.1) is 11.4 Å². The van der Waals surface area contributed by atoms with Crippen molar-refractivity contribution in [2.45, 2.75) is 51.2 Å². The molecule has 24 heavy (non-hydrogen) atoms. The second kappa shape index (κ2) is 8.65. The smallest absolute Gasteiger partial charge is 0.319 e. The van der Waals surface area contributed by atoms with Crippen LogP contribution in [0.25, 0.3) is 0 Å². The van der Waals surface area contributed by atoms with Crippen LogP contribution < -0.4 is 10.2 Å². The maximum atomic E-state index is 11.4. The average molecular weight is 353 g/mol. The number of thioether (sulfide) groups is 1. The van der Waals surface area contributed by atoms with Gasteiger partial charge in [-0.05, 0) is 43.9 Å². The number of carboxylic acid groups (broad SMARTS) is 1. The molecule has 0 fully saturated rings. The van der Waals surface area contributed by atoms with Gasteiger partial charge in [-0.15, -0.1) is 11.8 Å². The normalized spacial score (nSPS) is 11.9. The van der Waals surface area contributed by atoms with E-state index in [1.165, 1.54) is 17.4 Å². The van der Waals surface area contributed by atoms with E-state index in [2.05, 4.69) is 50.0 Å². The van der Waals surface area contributed by atoms with E-state index in [9.17, 15) is 9.90 Å². The van der Waals surface area contributed by atoms with Crippen molar-refractivity contribution in [2.24, 2.45) is 11.8 Å². The highest BCUT2D eigenvalue weighted by molar-refractivity contribution is 8.01. The Bertz CT molecular complexity index is 546. The quantitative estimate of drug-likeness (QED) is 0.625. The van der Waals surface area contributed by atoms with Crippen LogP contribution in [0.1, 0.15) is 41.5 Å². The molecule has 0 radical (unpaired) electrons. The molecular weight excluding hydrogens is 320 g/mol. The van der Waals surface area contributed by atoms with E-state index < -0.39 is 10.7 Å². The molecule has 0 amide bonds. The first kappa shape index (κ1) is 20.7. The second-order valence-corrected chi connectivity index (χ2v) is 9.24. The molecule has 0 aliphatic rings. The van der Waals surface area contributed by atoms with Gasteiger partial charge in [0.15, 0.2) is 0 Å². The molecule has 1 aromatic carbocycles. The zero-order chi connectivity index (χ0) is 18.5. The van der Waals surface area contributed by atoms with Crippen LogP contribution in [0.15, 0.2) is 23.1 Å². The first-order valence-corrected chi connectivity index (χ1v) is 9.37. The summed E-state index contributed by atoms with van der Waals surface area (Å²) in [4.78, 5) is 14.7. The Morgan fingerprint density at radius 2 is 1.75 bits per heavy atom. The third-order valence-electron chi connectivity index (χ3n) is 3.64. The molecule has 0 spiro atoms. The predicted molar refractivity (Wildman–Crippen MR) is 105 cm³/mol. The van der Waals surface area contributed by atoms with E-state index in [1.807, 2.05) is 13.1 Å². The van der Waals surface area contributed by atoms with E-state index in [-0.39, 0.29) is 0 Å². The van der Waals surface area contributed by atoms with Crippen LogP contribution >= 0.6 is 11.8 Å². The molecule has 5 heteroatoms. The molecule has 1 rings (SSSR count). The lowest BCUT2D eigenvalue weighted by molar-refractivity contribution is -0.138. The molecule has 0 heterocycles. The largest absolute Gasteiger partial charge is 0.480 e. The zero-order valence-corrected chi connectivity index (χ0v) is 16.8. The van der Waals surface area contributed by atoms with E-state index in [0.717, 1.165) is 23.7 Å². The van der Waals surface area contributed by atoms with Gasteiger partial charge in [0.25, 0.3) is 0 Å². The fraction of sp³-hybridized carbons (Fsp3) is 0.632. The topological polar surface area (TPSA) is 52.6 Å². The fourth-order valence-electron chi connectivity index (χ4n) is 2.55. The Hall–Kier alpha value is -1.36. The Morgan fingerprint density at radius 3 is 2.17 bits per heavy atom. The van der Waals surface area contributed by atoms with Gasteiger partial charge < -0.3 is 15.3 Å². The Labute approximate surface area is 151 Å². The molecule has 2 N–H and O–H groups in total. The average Bonchev–Trinajstić information content (AvgIpc) is 2.44. The SMILES string of the molecule is CNc1cc(SC(C)(C)C(=O)O)ccc1N(CC(C)C)CC(C)C. The number of anilines is 2. The van der Waals surface area contributed by atoms with Gasteiger partial charge >= 0.3 is 5.97 Å². The standard InChI is InChI=1S/C19H32N2O2S/c1-13(2)11-21(12-14(3)4)17-9-8-15(10-16(17)20-7)24-19(5,6)18(22)23/h8-10,13-14,20H,11-12H2,1-7H3,(H,22,23). The minimum atomic E-state index is -0.845. The molecule has 0 atom stereocenters. The summed E-state index contributed by atoms with van der Waals surface area (Å²) in [7, 11) is 1.92. The number of aliphatic carboxylic acids is 1. The third-order valence-corrected chi connectivity index (χ3v) is 4.81. The summed E-state index contributed by atoms with van der Waals surface area (Å²) in [5.74, 6) is 0.353. The molecule has 0 saturated carbocycles. The van der Waals surface area contributed by atoms with Crippen molar-refractivity contribution in [2.75, 3.05) is 30.4 Å². The van der Waals surface area contributed by atoms with Crippen LogP contribution in [-0.4, -0.2) is 36.0 Å². The summed E-state index contributed by atoms with van der Waals surface area (Å²) in [6.45, 7) is 14.4. The number of hydrogen-bond donors (Lipinski definition) is 2. The van der Waals surface area contributed by atoms with Crippen LogP contribution in [0.2, 0.25) is 0 Å². The Kier molecular flexibility index (Phi) is 7.46. The number of carboxylic acids is 1. The minimum absolute atomic E-state index is 0.577. The van der Waals surface area contributed by atoms with E-state index in [1.54, 1.807) is 13.8 Å². The lowest BCUT2D eigenvalue weighted by Gasteiger charge is -2.31. The van der Waals surface area contributed by atoms with Gasteiger partial charge in [-0.25, -0.2) is 0 Å². The van der Waals surface area contributed by atoms with Gasteiger partial charge in [0, 0.05) is 25.0 Å². The summed E-state index contributed by atoms with van der Waals surface area (Å²) in [6, 6.07) is 6.19. The number of nitrogens with zero attached hydrogens (tertiary/aromatic N) is 1. The molecular formula is C19H32N2O2S. The summed E-state index contributed by atoms with van der Waals surface area (Å²) >= 11 is 1.37. The van der Waals surface area contributed by atoms with Crippen molar-refractivity contribution in [3.05, 3.63) is 18.2 Å². The molecule has 4 nitrogen and oxygen atoms in total.